The third-order valence-electron chi connectivity index (χ3n) is 2.88. The number of ether oxygens (including phenoxy) is 1. The number of methoxy groups -OCH3 is 1. The van der Waals surface area contributed by atoms with Crippen molar-refractivity contribution < 1.29 is 9.53 Å². The second-order valence-corrected chi connectivity index (χ2v) is 4.71. The number of anilines is 1. The second-order valence-electron chi connectivity index (χ2n) is 4.44. The maximum absolute atomic E-state index is 12.2. The van der Waals surface area contributed by atoms with Crippen molar-refractivity contribution >= 4 is 34.7 Å². The largest absolute Gasteiger partial charge is 0.495 e. The highest BCUT2D eigenvalue weighted by atomic mass is 35.5. The molecule has 0 radical (unpaired) electrons. The van der Waals surface area contributed by atoms with Crippen LogP contribution < -0.4 is 15.8 Å². The number of nitrogens with one attached hydrogen (secondary N) is 1. The molecule has 2 rings (SSSR count). The van der Waals surface area contributed by atoms with Gasteiger partial charge in [0.15, 0.2) is 0 Å². The summed E-state index contributed by atoms with van der Waals surface area (Å²) >= 11 is 5.61. The molecule has 0 aliphatic heterocycles. The molecule has 114 valence electrons. The molecule has 5 nitrogen and oxygen atoms in total. The molecule has 0 saturated heterocycles. The number of carbonyl (C=O) groups is 1. The topological polar surface area (TPSA) is 76.7 Å². The van der Waals surface area contributed by atoms with Crippen LogP contribution >= 0.6 is 11.6 Å². The zero-order valence-corrected chi connectivity index (χ0v) is 12.8. The summed E-state index contributed by atoms with van der Waals surface area (Å²) in [6, 6.07) is 14.0. The minimum atomic E-state index is -0.231. The quantitative estimate of drug-likeness (QED) is 0.505. The van der Waals surface area contributed by atoms with Gasteiger partial charge in [-0.25, -0.2) is 4.99 Å². The van der Waals surface area contributed by atoms with Gasteiger partial charge in [0.05, 0.1) is 24.4 Å². The molecule has 0 aliphatic carbocycles. The van der Waals surface area contributed by atoms with Gasteiger partial charge in [0.25, 0.3) is 5.91 Å². The van der Waals surface area contributed by atoms with Crippen LogP contribution in [0.5, 0.6) is 5.75 Å². The average Bonchev–Trinajstić information content (AvgIpc) is 2.55. The number of nitrogens with two attached hydrogens (primary N) is 1. The van der Waals surface area contributed by atoms with Gasteiger partial charge in [-0.2, -0.15) is 0 Å². The number of nitrogens with zero attached hydrogens (tertiary/aromatic N) is 1. The Morgan fingerprint density at radius 2 is 2.00 bits per heavy atom. The Labute approximate surface area is 133 Å². The van der Waals surface area contributed by atoms with Crippen molar-refractivity contribution in [3.05, 3.63) is 54.1 Å². The first kappa shape index (κ1) is 15.9. The highest BCUT2D eigenvalue weighted by Crippen LogP contribution is 2.29. The summed E-state index contributed by atoms with van der Waals surface area (Å²) in [5.41, 5.74) is 7.27. The predicted molar refractivity (Wildman–Crippen MR) is 89.4 cm³/mol. The number of rotatable bonds is 5. The van der Waals surface area contributed by atoms with E-state index in [1.54, 1.807) is 42.5 Å². The van der Waals surface area contributed by atoms with Crippen molar-refractivity contribution in [1.29, 1.82) is 0 Å². The van der Waals surface area contributed by atoms with Gasteiger partial charge in [0, 0.05) is 5.56 Å². The molecule has 2 aromatic rings. The number of amidine groups is 1. The van der Waals surface area contributed by atoms with E-state index in [4.69, 9.17) is 22.1 Å². The number of carbonyl (C=O) groups excluding carboxylic acids is 1. The van der Waals surface area contributed by atoms with Crippen molar-refractivity contribution in [3.63, 3.8) is 0 Å². The lowest BCUT2D eigenvalue weighted by atomic mass is 10.2. The molecule has 3 N–H and O–H groups in total. The third-order valence-corrected chi connectivity index (χ3v) is 3.15. The van der Waals surface area contributed by atoms with Gasteiger partial charge >= 0.3 is 0 Å². The van der Waals surface area contributed by atoms with Crippen LogP contribution in [0.15, 0.2) is 53.5 Å². The van der Waals surface area contributed by atoms with E-state index < -0.39 is 0 Å². The van der Waals surface area contributed by atoms with E-state index in [0.717, 1.165) is 0 Å². The van der Waals surface area contributed by atoms with Gasteiger partial charge in [-0.3, -0.25) is 4.79 Å². The molecule has 0 unspecified atom stereocenters. The van der Waals surface area contributed by atoms with Crippen LogP contribution in [0.2, 0.25) is 0 Å². The Morgan fingerprint density at radius 3 is 2.64 bits per heavy atom. The molecule has 0 aromatic heterocycles. The van der Waals surface area contributed by atoms with E-state index in [-0.39, 0.29) is 11.8 Å². The Morgan fingerprint density at radius 1 is 1.27 bits per heavy atom. The smallest absolute Gasteiger partial charge is 0.255 e. The number of alkyl halides is 1. The standard InChI is InChI=1S/C16H16ClN3O2/c1-22-14-8-7-12(19-15(18)10-17)9-13(14)20-16(21)11-5-3-2-4-6-11/h2-9H,10H2,1H3,(H2,18,19)(H,20,21). The maximum atomic E-state index is 12.2. The van der Waals surface area contributed by atoms with Gasteiger partial charge in [0.2, 0.25) is 0 Å². The van der Waals surface area contributed by atoms with Crippen molar-refractivity contribution in [2.75, 3.05) is 18.3 Å². The van der Waals surface area contributed by atoms with Gasteiger partial charge < -0.3 is 15.8 Å². The first-order valence-electron chi connectivity index (χ1n) is 6.57. The first-order chi connectivity index (χ1) is 10.6. The van der Waals surface area contributed by atoms with Crippen LogP contribution in [0.3, 0.4) is 0 Å². The fourth-order valence-electron chi connectivity index (χ4n) is 1.84. The molecular weight excluding hydrogens is 302 g/mol. The Kier molecular flexibility index (Phi) is 5.38. The highest BCUT2D eigenvalue weighted by molar-refractivity contribution is 6.28. The molecule has 0 aliphatic rings. The molecule has 0 fully saturated rings. The molecule has 1 amide bonds. The molecule has 0 bridgehead atoms. The molecule has 22 heavy (non-hydrogen) atoms. The Hall–Kier alpha value is -2.53. The van der Waals surface area contributed by atoms with Crippen LogP contribution in [0.4, 0.5) is 11.4 Å². The maximum Gasteiger partial charge on any atom is 0.255 e. The third kappa shape index (κ3) is 3.99. The lowest BCUT2D eigenvalue weighted by Crippen LogP contribution is -2.13. The van der Waals surface area contributed by atoms with Crippen molar-refractivity contribution in [3.8, 4) is 5.75 Å². The fourth-order valence-corrected chi connectivity index (χ4v) is 1.90. The number of halogens is 1. The van der Waals surface area contributed by atoms with E-state index in [1.165, 1.54) is 7.11 Å². The average molecular weight is 318 g/mol. The van der Waals surface area contributed by atoms with E-state index in [1.807, 2.05) is 6.07 Å². The molecule has 0 heterocycles. The molecule has 6 heteroatoms. The summed E-state index contributed by atoms with van der Waals surface area (Å²) < 4.78 is 5.25. The zero-order chi connectivity index (χ0) is 15.9. The van der Waals surface area contributed by atoms with Gasteiger partial charge in [-0.05, 0) is 30.3 Å². The van der Waals surface area contributed by atoms with E-state index in [9.17, 15) is 4.79 Å². The van der Waals surface area contributed by atoms with Crippen LogP contribution in [-0.2, 0) is 0 Å². The summed E-state index contributed by atoms with van der Waals surface area (Å²) in [5.74, 6) is 0.739. The van der Waals surface area contributed by atoms with Gasteiger partial charge in [0.1, 0.15) is 11.6 Å². The van der Waals surface area contributed by atoms with Crippen LogP contribution in [-0.4, -0.2) is 24.7 Å². The number of hydrogen-bond donors (Lipinski definition) is 2. The highest BCUT2D eigenvalue weighted by Gasteiger charge is 2.10. The minimum absolute atomic E-state index is 0.137. The van der Waals surface area contributed by atoms with E-state index in [0.29, 0.717) is 28.5 Å². The number of hydrogen-bond acceptors (Lipinski definition) is 3. The monoisotopic (exact) mass is 317 g/mol. The predicted octanol–water partition coefficient (Wildman–Crippen LogP) is 3.18. The molecule has 2 aromatic carbocycles. The summed E-state index contributed by atoms with van der Waals surface area (Å²) in [5, 5.41) is 2.80. The zero-order valence-electron chi connectivity index (χ0n) is 12.0. The van der Waals surface area contributed by atoms with Crippen molar-refractivity contribution in [2.24, 2.45) is 10.7 Å². The fraction of sp³-hybridized carbons (Fsp3) is 0.125. The summed E-state index contributed by atoms with van der Waals surface area (Å²) in [6.45, 7) is 0. The van der Waals surface area contributed by atoms with E-state index >= 15 is 0 Å². The molecular formula is C16H16ClN3O2. The lowest BCUT2D eigenvalue weighted by Gasteiger charge is -2.11. The van der Waals surface area contributed by atoms with Crippen molar-refractivity contribution in [2.45, 2.75) is 0 Å². The summed E-state index contributed by atoms with van der Waals surface area (Å²) in [7, 11) is 1.53. The normalized spacial score (nSPS) is 11.1. The minimum Gasteiger partial charge on any atom is -0.495 e. The number of amides is 1. The van der Waals surface area contributed by atoms with Crippen LogP contribution in [0.1, 0.15) is 10.4 Å². The number of aliphatic imine (C=N–C) groups is 1. The van der Waals surface area contributed by atoms with Gasteiger partial charge in [-0.15, -0.1) is 11.6 Å². The second kappa shape index (κ2) is 7.47. The Balaban J connectivity index is 2.28. The summed E-state index contributed by atoms with van der Waals surface area (Å²) in [6.07, 6.45) is 0. The van der Waals surface area contributed by atoms with Crippen LogP contribution in [0.25, 0.3) is 0 Å². The SMILES string of the molecule is COc1ccc(N=C(N)CCl)cc1NC(=O)c1ccccc1. The van der Waals surface area contributed by atoms with E-state index in [2.05, 4.69) is 10.3 Å². The summed E-state index contributed by atoms with van der Waals surface area (Å²) in [4.78, 5) is 16.4. The van der Waals surface area contributed by atoms with Gasteiger partial charge in [-0.1, -0.05) is 18.2 Å². The lowest BCUT2D eigenvalue weighted by molar-refractivity contribution is 0.102. The molecule has 0 spiro atoms. The van der Waals surface area contributed by atoms with Crippen LogP contribution in [0, 0.1) is 0 Å². The first-order valence-corrected chi connectivity index (χ1v) is 7.11. The molecule has 0 atom stereocenters. The number of benzene rings is 2. The molecule has 0 saturated carbocycles. The van der Waals surface area contributed by atoms with Crippen molar-refractivity contribution in [1.82, 2.24) is 0 Å². The Bertz CT molecular complexity index is 687.